The molecule has 1 aliphatic heterocycles. The third-order valence-electron chi connectivity index (χ3n) is 20.5. The van der Waals surface area contributed by atoms with Crippen LogP contribution in [0.3, 0.4) is 0 Å². The van der Waals surface area contributed by atoms with Crippen LogP contribution in [0.5, 0.6) is 23.0 Å². The Balaban J connectivity index is 0.000000161. The van der Waals surface area contributed by atoms with Gasteiger partial charge in [-0.1, -0.05) is 199 Å². The number of hydrogen-bond donors (Lipinski definition) is 8. The summed E-state index contributed by atoms with van der Waals surface area (Å²) in [6.07, 6.45) is 8.76. The number of phenols is 4. The summed E-state index contributed by atoms with van der Waals surface area (Å²) in [5.41, 5.74) is 19.3. The Bertz CT molecular complexity index is 6340. The molecule has 15 heteroatoms. The van der Waals surface area contributed by atoms with Crippen LogP contribution < -0.4 is 0 Å². The third-order valence-corrected chi connectivity index (χ3v) is 20.5. The molecule has 0 radical (unpaired) electrons. The number of fused-ring (bicyclic) bond motifs is 17. The minimum atomic E-state index is -0.745. The molecule has 0 spiro atoms. The fourth-order valence-corrected chi connectivity index (χ4v) is 13.9. The number of carboxylic acids is 1. The van der Waals surface area contributed by atoms with Crippen molar-refractivity contribution in [3.05, 3.63) is 270 Å². The highest BCUT2D eigenvalue weighted by molar-refractivity contribution is 6.09. The van der Waals surface area contributed by atoms with E-state index in [9.17, 15) is 30.0 Å². The maximum atomic E-state index is 12.1. The van der Waals surface area contributed by atoms with Gasteiger partial charge >= 0.3 is 5.97 Å². The molecule has 8 aromatic carbocycles. The number of aromatic hydroxyl groups is 4. The van der Waals surface area contributed by atoms with E-state index >= 15 is 0 Å². The van der Waals surface area contributed by atoms with Gasteiger partial charge in [-0.15, -0.1) is 0 Å². The van der Waals surface area contributed by atoms with E-state index < -0.39 is 5.97 Å². The van der Waals surface area contributed by atoms with Gasteiger partial charge in [0.2, 0.25) is 0 Å². The monoisotopic (exact) mass is 1480 g/mol. The zero-order valence-electron chi connectivity index (χ0n) is 65.2. The molecule has 9 heterocycles. The van der Waals surface area contributed by atoms with Crippen LogP contribution in [0.15, 0.2) is 231 Å². The van der Waals surface area contributed by atoms with E-state index in [2.05, 4.69) is 153 Å². The van der Waals surface area contributed by atoms with Crippen LogP contribution in [0.4, 0.5) is 0 Å². The molecular formula is C97H90N8O7. The molecule has 560 valence electrons. The number of aromatic amines is 3. The zero-order valence-corrected chi connectivity index (χ0v) is 65.2. The predicted octanol–water partition coefficient (Wildman–Crippen LogP) is 24.1. The van der Waals surface area contributed by atoms with Crippen LogP contribution in [-0.2, 0) is 26.5 Å². The number of rotatable bonds is 7. The van der Waals surface area contributed by atoms with Crippen LogP contribution in [0.2, 0.25) is 0 Å². The maximum absolute atomic E-state index is 12.1. The van der Waals surface area contributed by atoms with E-state index in [-0.39, 0.29) is 51.1 Å². The van der Waals surface area contributed by atoms with Crippen LogP contribution in [-0.4, -0.2) is 77.7 Å². The topological polar surface area (TPSA) is 247 Å². The lowest BCUT2D eigenvalue weighted by Crippen LogP contribution is -2.11. The molecular weight excluding hydrogens is 1390 g/mol. The summed E-state index contributed by atoms with van der Waals surface area (Å²) in [4.78, 5) is 55.5. The van der Waals surface area contributed by atoms with Gasteiger partial charge in [0.1, 0.15) is 29.3 Å². The van der Waals surface area contributed by atoms with E-state index in [0.29, 0.717) is 60.8 Å². The normalized spacial score (nSPS) is 12.0. The molecule has 0 saturated heterocycles. The molecule has 0 atom stereocenters. The van der Waals surface area contributed by atoms with Crippen LogP contribution in [0.25, 0.3) is 156 Å². The molecule has 16 aromatic rings. The highest BCUT2D eigenvalue weighted by Gasteiger charge is 2.27. The van der Waals surface area contributed by atoms with Gasteiger partial charge in [0.05, 0.1) is 55.9 Å². The Hall–Kier alpha value is -13.3. The lowest BCUT2D eigenvalue weighted by Gasteiger charge is -2.22. The fourth-order valence-electron chi connectivity index (χ4n) is 13.9. The van der Waals surface area contributed by atoms with Crippen molar-refractivity contribution in [2.45, 2.75) is 118 Å². The summed E-state index contributed by atoms with van der Waals surface area (Å²) in [5, 5.41) is 61.5. The number of carbonyl (C=O) groups excluding carboxylic acids is 1. The van der Waals surface area contributed by atoms with Gasteiger partial charge in [-0.05, 0) is 171 Å². The number of aldehydes is 1. The summed E-state index contributed by atoms with van der Waals surface area (Å²) < 4.78 is 0. The highest BCUT2D eigenvalue weighted by Crippen LogP contribution is 2.46. The van der Waals surface area contributed by atoms with Crippen LogP contribution in [0.1, 0.15) is 140 Å². The predicted molar refractivity (Wildman–Crippen MR) is 459 cm³/mol. The Morgan fingerprint density at radius 2 is 0.759 bits per heavy atom. The first-order chi connectivity index (χ1) is 53.4. The Morgan fingerprint density at radius 1 is 0.384 bits per heavy atom. The first-order valence-corrected chi connectivity index (χ1v) is 37.6. The zero-order chi connectivity index (χ0) is 79.3. The number of pyridine rings is 4. The summed E-state index contributed by atoms with van der Waals surface area (Å²) >= 11 is 0. The number of carbonyl (C=O) groups is 2. The molecule has 0 aliphatic carbocycles. The minimum absolute atomic E-state index is 0.125. The Kier molecular flexibility index (Phi) is 20.2. The average molecular weight is 1480 g/mol. The van der Waals surface area contributed by atoms with E-state index in [1.165, 1.54) is 0 Å². The van der Waals surface area contributed by atoms with Crippen molar-refractivity contribution in [2.24, 2.45) is 0 Å². The van der Waals surface area contributed by atoms with Crippen molar-refractivity contribution >= 4 is 112 Å². The van der Waals surface area contributed by atoms with Gasteiger partial charge < -0.3 is 40.5 Å². The number of nitrogens with one attached hydrogen (secondary N) is 3. The van der Waals surface area contributed by atoms with Crippen LogP contribution in [0, 0.1) is 0 Å². The molecule has 8 N–H and O–H groups in total. The summed E-state index contributed by atoms with van der Waals surface area (Å²) in [6.45, 7) is 27.6. The van der Waals surface area contributed by atoms with E-state index in [1.807, 2.05) is 176 Å². The standard InChI is InChI=1S/C47H40N4O2.C40H38N4O2.C7H6O.C3H6O2/c1-46(2,3)29-22-31-35-18-20-39(48-35)41(26-10-8-7-9-11-26)40-21-19-36(49-40)32-23-30(47(4,5)6)25-34(45(32)53)38-17-15-28-13-12-27-14-16-37(33(24-29)44(31)52)50-42(27)43(28)51-38;1-39(2,3)25-19-27(31-9-7-17-41-31)37(45)29(21-25)33-15-13-23-11-12-24-14-16-34(44-36(24)35(23)43-33)30-22-26(40(4,5)6)20-28(38(30)46)32-10-8-18-42-32;8-6-7-4-2-1-3-5-7;1-2-3(4)5/h7-25,48,52-53H,1-6H3;7-22,41-42,45-46H,1-6H3;1-6H;2H2,1H3,(H,4,5). The summed E-state index contributed by atoms with van der Waals surface area (Å²) in [6, 6.07) is 71.7. The first kappa shape index (κ1) is 75.5. The molecule has 0 unspecified atom stereocenters. The number of benzene rings is 8. The molecule has 112 heavy (non-hydrogen) atoms. The molecule has 0 saturated carbocycles. The largest absolute Gasteiger partial charge is 0.507 e. The number of H-pyrrole nitrogens is 3. The number of aromatic nitrogens is 8. The molecule has 0 amide bonds. The molecule has 12 bridgehead atoms. The number of carboxylic acid groups (broad SMARTS) is 1. The lowest BCUT2D eigenvalue weighted by molar-refractivity contribution is -0.136. The van der Waals surface area contributed by atoms with Crippen molar-refractivity contribution in [3.63, 3.8) is 0 Å². The summed E-state index contributed by atoms with van der Waals surface area (Å²) in [5.74, 6) is -0.116. The van der Waals surface area contributed by atoms with Gasteiger partial charge in [-0.2, -0.15) is 0 Å². The maximum Gasteiger partial charge on any atom is 0.303 e. The molecule has 15 nitrogen and oxygen atoms in total. The molecule has 17 rings (SSSR count). The van der Waals surface area contributed by atoms with Crippen molar-refractivity contribution in [2.75, 3.05) is 0 Å². The SMILES string of the molecule is CC(C)(C)c1cc(-c2ccc3ccc4ccc(-c5cc(C(C)(C)C)cc(-c6ccc[nH]6)c5O)nc4c3n2)c(O)c(-c2ccc[nH]2)c1.CC(C)(C)c1cc2c3nc(c(-c4ccccc4)c4ccc([nH]4)c4cc(C(C)(C)C)cc(c4O)c4ccc5ccc6ccc(nc6c5n4)c(c1)c2O)C=C3.CCC(=O)O.O=Cc1ccccc1. The first-order valence-electron chi connectivity index (χ1n) is 37.6. The fraction of sp³-hybridized carbons (Fsp3) is 0.186. The quantitative estimate of drug-likeness (QED) is 0.0548. The summed E-state index contributed by atoms with van der Waals surface area (Å²) in [7, 11) is 0. The van der Waals surface area contributed by atoms with Crippen molar-refractivity contribution in [3.8, 4) is 79.2 Å². The van der Waals surface area contributed by atoms with E-state index in [4.69, 9.17) is 30.0 Å². The van der Waals surface area contributed by atoms with Crippen LogP contribution >= 0.6 is 0 Å². The van der Waals surface area contributed by atoms with Crippen molar-refractivity contribution in [1.82, 2.24) is 39.9 Å². The number of hydrogen-bond acceptors (Lipinski definition) is 11. The minimum Gasteiger partial charge on any atom is -0.507 e. The average Bonchev–Trinajstić information content (AvgIpc) is 1.40. The Morgan fingerprint density at radius 3 is 1.18 bits per heavy atom. The molecule has 1 aliphatic rings. The Labute approximate surface area is 650 Å². The molecule has 8 aromatic heterocycles. The van der Waals surface area contributed by atoms with Gasteiger partial charge in [-0.3, -0.25) is 9.59 Å². The van der Waals surface area contributed by atoms with E-state index in [1.54, 1.807) is 19.1 Å². The number of nitrogens with zero attached hydrogens (tertiary/aromatic N) is 5. The lowest BCUT2D eigenvalue weighted by atomic mass is 9.83. The van der Waals surface area contributed by atoms with Gasteiger partial charge in [-0.25, -0.2) is 24.9 Å². The van der Waals surface area contributed by atoms with E-state index in [0.717, 1.165) is 128 Å². The smallest absolute Gasteiger partial charge is 0.303 e. The second kappa shape index (κ2) is 30.0. The van der Waals surface area contributed by atoms with Crippen molar-refractivity contribution in [1.29, 1.82) is 0 Å². The van der Waals surface area contributed by atoms with Gasteiger partial charge in [0.15, 0.2) is 0 Å². The highest BCUT2D eigenvalue weighted by atomic mass is 16.4. The van der Waals surface area contributed by atoms with Crippen molar-refractivity contribution < 1.29 is 35.1 Å². The van der Waals surface area contributed by atoms with Gasteiger partial charge in [0, 0.05) is 118 Å². The number of phenolic OH excluding ortho intramolecular Hbond substituents is 4. The second-order valence-corrected chi connectivity index (χ2v) is 32.6. The van der Waals surface area contributed by atoms with Gasteiger partial charge in [0.25, 0.3) is 0 Å². The second-order valence-electron chi connectivity index (χ2n) is 32.6. The number of aliphatic carboxylic acids is 1. The third kappa shape index (κ3) is 15.3. The molecule has 0 fully saturated rings.